The van der Waals surface area contributed by atoms with Crippen molar-refractivity contribution in [2.45, 2.75) is 43.1 Å². The second-order valence-electron chi connectivity index (χ2n) is 6.68. The molecule has 5 nitrogen and oxygen atoms in total. The van der Waals surface area contributed by atoms with E-state index in [2.05, 4.69) is 23.9 Å². The summed E-state index contributed by atoms with van der Waals surface area (Å²) in [6, 6.07) is 0.122. The molecule has 1 saturated carbocycles. The van der Waals surface area contributed by atoms with E-state index in [1.165, 1.54) is 6.26 Å². The van der Waals surface area contributed by atoms with Gasteiger partial charge in [0.25, 0.3) is 0 Å². The first kappa shape index (κ1) is 16.2. The summed E-state index contributed by atoms with van der Waals surface area (Å²) in [5, 5.41) is 10.4. The number of aliphatic hydroxyl groups excluding tert-OH is 1. The Kier molecular flexibility index (Phi) is 5.10. The number of nitrogens with zero attached hydrogens (tertiary/aromatic N) is 2. The van der Waals surface area contributed by atoms with E-state index in [1.807, 2.05) is 0 Å². The summed E-state index contributed by atoms with van der Waals surface area (Å²) >= 11 is 0. The Hall–Kier alpha value is -0.170. The highest BCUT2D eigenvalue weighted by atomic mass is 32.2. The Bertz CT molecular complexity index is 426. The highest BCUT2D eigenvalue weighted by Crippen LogP contribution is 2.32. The number of likely N-dealkylation sites (N-methyl/N-ethyl adjacent to an activating group) is 2. The summed E-state index contributed by atoms with van der Waals surface area (Å²) in [6.45, 7) is 2.84. The Morgan fingerprint density at radius 1 is 1.20 bits per heavy atom. The zero-order valence-corrected chi connectivity index (χ0v) is 13.6. The summed E-state index contributed by atoms with van der Waals surface area (Å²) < 4.78 is 23.5. The largest absolute Gasteiger partial charge is 0.391 e. The van der Waals surface area contributed by atoms with Crippen molar-refractivity contribution in [3.63, 3.8) is 0 Å². The molecular weight excluding hydrogens is 276 g/mol. The third-order valence-electron chi connectivity index (χ3n) is 5.05. The van der Waals surface area contributed by atoms with E-state index in [1.54, 1.807) is 0 Å². The molecule has 20 heavy (non-hydrogen) atoms. The first-order valence-electron chi connectivity index (χ1n) is 7.54. The number of rotatable bonds is 3. The maximum Gasteiger partial charge on any atom is 0.150 e. The number of hydrogen-bond acceptors (Lipinski definition) is 5. The van der Waals surface area contributed by atoms with E-state index < -0.39 is 15.9 Å². The lowest BCUT2D eigenvalue weighted by Crippen LogP contribution is -2.57. The van der Waals surface area contributed by atoms with Gasteiger partial charge in [0.2, 0.25) is 0 Å². The standard InChI is InChI=1S/C14H28N2O3S/c1-15-7-8-16(2)13(10-15)14(17)11-5-4-6-12(9-11)20(3,18)19/h11-14,17H,4-10H2,1-3H3. The number of piperazine rings is 1. The molecule has 1 aliphatic heterocycles. The van der Waals surface area contributed by atoms with Crippen molar-refractivity contribution >= 4 is 9.84 Å². The third-order valence-corrected chi connectivity index (χ3v) is 6.69. The van der Waals surface area contributed by atoms with Crippen LogP contribution < -0.4 is 0 Å². The van der Waals surface area contributed by atoms with E-state index in [9.17, 15) is 13.5 Å². The van der Waals surface area contributed by atoms with Gasteiger partial charge in [-0.1, -0.05) is 6.42 Å². The maximum atomic E-state index is 11.7. The second-order valence-corrected chi connectivity index (χ2v) is 9.00. The van der Waals surface area contributed by atoms with Crippen molar-refractivity contribution in [3.05, 3.63) is 0 Å². The zero-order chi connectivity index (χ0) is 14.9. The Labute approximate surface area is 122 Å². The fourth-order valence-electron chi connectivity index (χ4n) is 3.61. The van der Waals surface area contributed by atoms with Crippen LogP contribution in [0.2, 0.25) is 0 Å². The number of sulfone groups is 1. The van der Waals surface area contributed by atoms with E-state index in [-0.39, 0.29) is 17.2 Å². The molecule has 2 fully saturated rings. The van der Waals surface area contributed by atoms with Crippen molar-refractivity contribution < 1.29 is 13.5 Å². The highest BCUT2D eigenvalue weighted by Gasteiger charge is 2.38. The van der Waals surface area contributed by atoms with Crippen LogP contribution in [0.4, 0.5) is 0 Å². The van der Waals surface area contributed by atoms with Gasteiger partial charge in [0, 0.05) is 31.9 Å². The van der Waals surface area contributed by atoms with E-state index in [0.717, 1.165) is 38.9 Å². The van der Waals surface area contributed by atoms with Gasteiger partial charge in [-0.3, -0.25) is 4.90 Å². The molecule has 0 spiro atoms. The van der Waals surface area contributed by atoms with Crippen LogP contribution in [0.3, 0.4) is 0 Å². The first-order valence-corrected chi connectivity index (χ1v) is 9.50. The van der Waals surface area contributed by atoms with Crippen LogP contribution in [0.5, 0.6) is 0 Å². The quantitative estimate of drug-likeness (QED) is 0.807. The molecule has 118 valence electrons. The molecule has 1 heterocycles. The fraction of sp³-hybridized carbons (Fsp3) is 1.00. The highest BCUT2D eigenvalue weighted by molar-refractivity contribution is 7.91. The van der Waals surface area contributed by atoms with Crippen molar-refractivity contribution in [1.82, 2.24) is 9.80 Å². The molecule has 1 aliphatic carbocycles. The molecule has 0 aromatic heterocycles. The minimum Gasteiger partial charge on any atom is -0.391 e. The molecule has 2 rings (SSSR count). The molecule has 0 radical (unpaired) electrons. The predicted molar refractivity (Wildman–Crippen MR) is 80.5 cm³/mol. The molecule has 2 aliphatic rings. The molecule has 0 aromatic rings. The van der Waals surface area contributed by atoms with Gasteiger partial charge in [-0.25, -0.2) is 8.42 Å². The smallest absolute Gasteiger partial charge is 0.150 e. The van der Waals surface area contributed by atoms with Crippen molar-refractivity contribution in [2.75, 3.05) is 40.0 Å². The number of hydrogen-bond donors (Lipinski definition) is 1. The van der Waals surface area contributed by atoms with Crippen molar-refractivity contribution in [1.29, 1.82) is 0 Å². The predicted octanol–water partition coefficient (Wildman–Crippen LogP) is 0.197. The van der Waals surface area contributed by atoms with Crippen LogP contribution in [0, 0.1) is 5.92 Å². The van der Waals surface area contributed by atoms with E-state index in [4.69, 9.17) is 0 Å². The molecule has 0 bridgehead atoms. The molecule has 1 saturated heterocycles. The Balaban J connectivity index is 2.02. The van der Waals surface area contributed by atoms with Crippen LogP contribution in [0.15, 0.2) is 0 Å². The summed E-state index contributed by atoms with van der Waals surface area (Å²) in [4.78, 5) is 4.46. The number of aliphatic hydroxyl groups is 1. The molecule has 0 amide bonds. The lowest BCUT2D eigenvalue weighted by Gasteiger charge is -2.43. The Morgan fingerprint density at radius 2 is 1.90 bits per heavy atom. The second kappa shape index (κ2) is 6.30. The summed E-state index contributed by atoms with van der Waals surface area (Å²) in [5.41, 5.74) is 0. The monoisotopic (exact) mass is 304 g/mol. The fourth-order valence-corrected chi connectivity index (χ4v) is 4.80. The normalized spacial score (nSPS) is 35.9. The van der Waals surface area contributed by atoms with Gasteiger partial charge >= 0.3 is 0 Å². The SMILES string of the molecule is CN1CCN(C)C(C(O)C2CCCC(S(C)(=O)=O)C2)C1. The summed E-state index contributed by atoms with van der Waals surface area (Å²) in [5.74, 6) is 0.113. The van der Waals surface area contributed by atoms with Crippen molar-refractivity contribution in [3.8, 4) is 0 Å². The van der Waals surface area contributed by atoms with Crippen LogP contribution in [-0.4, -0.2) is 80.7 Å². The van der Waals surface area contributed by atoms with Crippen LogP contribution in [0.1, 0.15) is 25.7 Å². The zero-order valence-electron chi connectivity index (χ0n) is 12.8. The molecule has 0 aromatic carbocycles. The summed E-state index contributed by atoms with van der Waals surface area (Å²) in [6.07, 6.45) is 4.13. The first-order chi connectivity index (χ1) is 9.29. The topological polar surface area (TPSA) is 60.9 Å². The van der Waals surface area contributed by atoms with Gasteiger partial charge in [-0.05, 0) is 39.3 Å². The van der Waals surface area contributed by atoms with Crippen LogP contribution in [0.25, 0.3) is 0 Å². The third kappa shape index (κ3) is 3.72. The summed E-state index contributed by atoms with van der Waals surface area (Å²) in [7, 11) is 1.15. The molecule has 6 heteroatoms. The molecule has 1 N–H and O–H groups in total. The molecular formula is C14H28N2O3S. The van der Waals surface area contributed by atoms with Gasteiger partial charge in [0.05, 0.1) is 11.4 Å². The van der Waals surface area contributed by atoms with Gasteiger partial charge in [0.1, 0.15) is 9.84 Å². The van der Waals surface area contributed by atoms with Gasteiger partial charge in [0.15, 0.2) is 0 Å². The average Bonchev–Trinajstić information content (AvgIpc) is 2.40. The average molecular weight is 304 g/mol. The van der Waals surface area contributed by atoms with Crippen LogP contribution >= 0.6 is 0 Å². The van der Waals surface area contributed by atoms with Gasteiger partial charge in [-0.2, -0.15) is 0 Å². The molecule has 4 atom stereocenters. The minimum absolute atomic E-state index is 0.113. The van der Waals surface area contributed by atoms with Crippen molar-refractivity contribution in [2.24, 2.45) is 5.92 Å². The lowest BCUT2D eigenvalue weighted by molar-refractivity contribution is -0.0240. The van der Waals surface area contributed by atoms with E-state index in [0.29, 0.717) is 6.42 Å². The van der Waals surface area contributed by atoms with Gasteiger partial charge in [-0.15, -0.1) is 0 Å². The molecule has 4 unspecified atom stereocenters. The van der Waals surface area contributed by atoms with E-state index >= 15 is 0 Å². The maximum absolute atomic E-state index is 11.7. The van der Waals surface area contributed by atoms with Crippen LogP contribution in [-0.2, 0) is 9.84 Å². The Morgan fingerprint density at radius 3 is 2.55 bits per heavy atom. The minimum atomic E-state index is -2.98. The van der Waals surface area contributed by atoms with Gasteiger partial charge < -0.3 is 10.0 Å². The lowest BCUT2D eigenvalue weighted by atomic mass is 9.81.